The molecule has 1 unspecified atom stereocenters. The Morgan fingerprint density at radius 1 is 0.913 bits per heavy atom. The molecule has 0 radical (unpaired) electrons. The molecule has 46 heavy (non-hydrogen) atoms. The number of hydrogen-bond donors (Lipinski definition) is 1. The SMILES string of the molecule is COC(=O)c1ccc(CCSC(CCNS(=O)(=O)c2ccc(Cl)cc2)c2cccc(/C=C/c3ccc4ccc(Cl)cc4n3)c2)cc1. The molecule has 0 bridgehead atoms. The van der Waals surface area contributed by atoms with Gasteiger partial charge < -0.3 is 4.74 Å². The van der Waals surface area contributed by atoms with Gasteiger partial charge in [0, 0.05) is 27.2 Å². The first-order chi connectivity index (χ1) is 22.2. The lowest BCUT2D eigenvalue weighted by Crippen LogP contribution is -2.25. The van der Waals surface area contributed by atoms with Gasteiger partial charge >= 0.3 is 5.97 Å². The fourth-order valence-electron chi connectivity index (χ4n) is 4.86. The monoisotopic (exact) mass is 690 g/mol. The second kappa shape index (κ2) is 15.8. The molecule has 0 amide bonds. The van der Waals surface area contributed by atoms with Crippen LogP contribution in [0.1, 0.15) is 44.4 Å². The zero-order valence-corrected chi connectivity index (χ0v) is 28.2. The van der Waals surface area contributed by atoms with E-state index in [0.717, 1.165) is 45.5 Å². The minimum Gasteiger partial charge on any atom is -0.465 e. The Bertz CT molecular complexity index is 1950. The lowest BCUT2D eigenvalue weighted by Gasteiger charge is -2.18. The third-order valence-corrected chi connectivity index (χ3v) is 10.6. The second-order valence-electron chi connectivity index (χ2n) is 10.5. The van der Waals surface area contributed by atoms with Crippen LogP contribution in [0.4, 0.5) is 0 Å². The van der Waals surface area contributed by atoms with Crippen LogP contribution < -0.4 is 4.72 Å². The van der Waals surface area contributed by atoms with E-state index in [0.29, 0.717) is 22.0 Å². The molecular formula is C36H32Cl2N2O4S2. The van der Waals surface area contributed by atoms with Crippen LogP contribution in [-0.4, -0.2) is 38.8 Å². The molecule has 0 saturated heterocycles. The lowest BCUT2D eigenvalue weighted by molar-refractivity contribution is 0.0600. The lowest BCUT2D eigenvalue weighted by atomic mass is 10.1. The van der Waals surface area contributed by atoms with E-state index < -0.39 is 10.0 Å². The van der Waals surface area contributed by atoms with E-state index in [9.17, 15) is 13.2 Å². The molecule has 236 valence electrons. The standard InChI is InChI=1S/C36H32Cl2N2O4S2/c1-44-36(41)28-8-5-25(6-9-28)20-22-45-35(19-21-39-46(42,43)33-17-13-30(37)14-18-33)29-4-2-3-26(23-29)7-15-32-16-11-27-10-12-31(38)24-34(27)40-32/h2-18,23-24,35,39H,19-22H2,1H3/b15-7+. The van der Waals surface area contributed by atoms with Gasteiger partial charge in [0.1, 0.15) is 0 Å². The number of nitrogens with one attached hydrogen (secondary N) is 1. The summed E-state index contributed by atoms with van der Waals surface area (Å²) in [6.07, 6.45) is 5.37. The predicted octanol–water partition coefficient (Wildman–Crippen LogP) is 8.88. The summed E-state index contributed by atoms with van der Waals surface area (Å²) in [4.78, 5) is 16.7. The zero-order valence-electron chi connectivity index (χ0n) is 25.0. The number of carbonyl (C=O) groups is 1. The number of nitrogens with zero attached hydrogens (tertiary/aromatic N) is 1. The number of halogens is 2. The molecule has 6 nitrogen and oxygen atoms in total. The van der Waals surface area contributed by atoms with Crippen molar-refractivity contribution in [3.63, 3.8) is 0 Å². The number of aromatic nitrogens is 1. The first-order valence-corrected chi connectivity index (χ1v) is 17.9. The maximum Gasteiger partial charge on any atom is 0.337 e. The number of fused-ring (bicyclic) bond motifs is 1. The minimum absolute atomic E-state index is 0.0246. The smallest absolute Gasteiger partial charge is 0.337 e. The number of sulfonamides is 1. The minimum atomic E-state index is -3.68. The summed E-state index contributed by atoms with van der Waals surface area (Å²) in [7, 11) is -2.31. The van der Waals surface area contributed by atoms with Crippen molar-refractivity contribution in [2.24, 2.45) is 0 Å². The highest BCUT2D eigenvalue weighted by atomic mass is 35.5. The van der Waals surface area contributed by atoms with Gasteiger partial charge in [0.05, 0.1) is 28.8 Å². The summed E-state index contributed by atoms with van der Waals surface area (Å²) in [6, 6.07) is 31.4. The maximum absolute atomic E-state index is 12.9. The van der Waals surface area contributed by atoms with Crippen molar-refractivity contribution in [3.05, 3.63) is 141 Å². The van der Waals surface area contributed by atoms with Gasteiger partial charge in [-0.25, -0.2) is 22.9 Å². The molecule has 5 rings (SSSR count). The van der Waals surface area contributed by atoms with Crippen LogP contribution in [0.2, 0.25) is 10.0 Å². The van der Waals surface area contributed by atoms with Gasteiger partial charge in [-0.2, -0.15) is 11.8 Å². The molecule has 1 atom stereocenters. The number of rotatable bonds is 13. The van der Waals surface area contributed by atoms with E-state index in [1.807, 2.05) is 66.7 Å². The molecule has 0 aliphatic carbocycles. The van der Waals surface area contributed by atoms with Gasteiger partial charge in [0.2, 0.25) is 10.0 Å². The highest BCUT2D eigenvalue weighted by Crippen LogP contribution is 2.33. The highest BCUT2D eigenvalue weighted by Gasteiger charge is 2.17. The van der Waals surface area contributed by atoms with Crippen LogP contribution in [0.3, 0.4) is 0 Å². The van der Waals surface area contributed by atoms with E-state index in [4.69, 9.17) is 32.9 Å². The number of carbonyl (C=O) groups excluding carboxylic acids is 1. The molecule has 0 aliphatic rings. The molecule has 5 aromatic rings. The van der Waals surface area contributed by atoms with E-state index in [1.165, 1.54) is 19.2 Å². The van der Waals surface area contributed by atoms with Crippen LogP contribution in [0.15, 0.2) is 108 Å². The third kappa shape index (κ3) is 9.21. The molecule has 4 aromatic carbocycles. The Kier molecular flexibility index (Phi) is 11.5. The predicted molar refractivity (Wildman–Crippen MR) is 190 cm³/mol. The van der Waals surface area contributed by atoms with Crippen LogP contribution >= 0.6 is 35.0 Å². The Morgan fingerprint density at radius 3 is 2.41 bits per heavy atom. The molecule has 0 fully saturated rings. The van der Waals surface area contributed by atoms with Crippen molar-refractivity contribution in [1.29, 1.82) is 0 Å². The number of aryl methyl sites for hydroxylation is 1. The Hall–Kier alpha value is -3.66. The van der Waals surface area contributed by atoms with Crippen molar-refractivity contribution in [1.82, 2.24) is 9.71 Å². The fourth-order valence-corrected chi connectivity index (χ4v) is 7.46. The van der Waals surface area contributed by atoms with Gasteiger partial charge in [-0.15, -0.1) is 0 Å². The molecule has 0 aliphatic heterocycles. The normalized spacial score (nSPS) is 12.4. The molecule has 1 N–H and O–H groups in total. The molecular weight excluding hydrogens is 659 g/mol. The van der Waals surface area contributed by atoms with E-state index in [2.05, 4.69) is 16.9 Å². The van der Waals surface area contributed by atoms with Crippen LogP contribution in [0.5, 0.6) is 0 Å². The Balaban J connectivity index is 1.30. The molecule has 0 spiro atoms. The van der Waals surface area contributed by atoms with E-state index >= 15 is 0 Å². The molecule has 10 heteroatoms. The maximum atomic E-state index is 12.9. The number of thioether (sulfide) groups is 1. The first-order valence-electron chi connectivity index (χ1n) is 14.6. The number of methoxy groups -OCH3 is 1. The van der Waals surface area contributed by atoms with Gasteiger partial charge in [-0.1, -0.05) is 77.8 Å². The average molecular weight is 692 g/mol. The summed E-state index contributed by atoms with van der Waals surface area (Å²) in [5, 5.41) is 2.17. The van der Waals surface area contributed by atoms with Crippen LogP contribution in [-0.2, 0) is 21.2 Å². The third-order valence-electron chi connectivity index (χ3n) is 7.31. The second-order valence-corrected chi connectivity index (χ2v) is 14.5. The summed E-state index contributed by atoms with van der Waals surface area (Å²) < 4.78 is 33.4. The average Bonchev–Trinajstić information content (AvgIpc) is 3.06. The molecule has 1 heterocycles. The van der Waals surface area contributed by atoms with Crippen molar-refractivity contribution >= 4 is 74.0 Å². The van der Waals surface area contributed by atoms with E-state index in [-0.39, 0.29) is 22.7 Å². The number of benzene rings is 4. The molecule has 1 aromatic heterocycles. The van der Waals surface area contributed by atoms with Crippen LogP contribution in [0.25, 0.3) is 23.1 Å². The Morgan fingerprint density at radius 2 is 1.65 bits per heavy atom. The van der Waals surface area contributed by atoms with Crippen molar-refractivity contribution in [2.75, 3.05) is 19.4 Å². The highest BCUT2D eigenvalue weighted by molar-refractivity contribution is 7.99. The Labute approximate surface area is 283 Å². The fraction of sp³-hybridized carbons (Fsp3) is 0.167. The zero-order chi connectivity index (χ0) is 32.5. The van der Waals surface area contributed by atoms with Gasteiger partial charge in [-0.05, 0) is 96.0 Å². The number of ether oxygens (including phenoxy) is 1. The van der Waals surface area contributed by atoms with Gasteiger partial charge in [0.15, 0.2) is 0 Å². The first kappa shape index (κ1) is 33.7. The van der Waals surface area contributed by atoms with Crippen LogP contribution in [0, 0.1) is 0 Å². The van der Waals surface area contributed by atoms with Crippen molar-refractivity contribution in [3.8, 4) is 0 Å². The summed E-state index contributed by atoms with van der Waals surface area (Å²) in [6.45, 7) is 0.264. The number of pyridine rings is 1. The van der Waals surface area contributed by atoms with Gasteiger partial charge in [-0.3, -0.25) is 0 Å². The van der Waals surface area contributed by atoms with Gasteiger partial charge in [0.25, 0.3) is 0 Å². The number of esters is 1. The molecule has 0 saturated carbocycles. The van der Waals surface area contributed by atoms with E-state index in [1.54, 1.807) is 36.0 Å². The summed E-state index contributed by atoms with van der Waals surface area (Å²) >= 11 is 13.9. The quantitative estimate of drug-likeness (QED) is 0.124. The largest absolute Gasteiger partial charge is 0.465 e. The topological polar surface area (TPSA) is 85.4 Å². The summed E-state index contributed by atoms with van der Waals surface area (Å²) in [5.41, 5.74) is 5.37. The number of hydrogen-bond acceptors (Lipinski definition) is 6. The van der Waals surface area contributed by atoms with Crippen molar-refractivity contribution in [2.45, 2.75) is 23.0 Å². The summed E-state index contributed by atoms with van der Waals surface area (Å²) in [5.74, 6) is 0.437. The van der Waals surface area contributed by atoms with Crippen molar-refractivity contribution < 1.29 is 17.9 Å².